The summed E-state index contributed by atoms with van der Waals surface area (Å²) in [6.07, 6.45) is -0.941. The minimum Gasteiger partial charge on any atom is -0.537 e. The standard InChI is InChI=1S/C75H52B4N4O6/c1-74(2,3)40-35-48-58-50(37-40)82(44-27-15-9-16-28-44)78-69-63(58)67-56(46-31-19-21-33-52(46)86-76(67)80(48)42-23-11-7-12-24-42)71-65(69)60-54(88-78)39-55-61-62(60)73(84-71)85-72-57-47-32-20-22-34-53(47)87-77-68(57)64-59-49(81(77)43-25-13-8-14-26-43)36-41(75(4,5)6)38-51(59)83(45-29-17-10-18-30-45)79(89-55)70(64)66(61)72/h7-39,73H,1-6H3. The normalized spacial score (nSPS) is 15.8. The zero-order chi connectivity index (χ0) is 58.8. The average molecular weight is 1150 g/mol. The van der Waals surface area contributed by atoms with E-state index in [9.17, 15) is 0 Å². The van der Waals surface area contributed by atoms with Gasteiger partial charge in [-0.1, -0.05) is 151 Å². The van der Waals surface area contributed by atoms with Crippen LogP contribution in [0.3, 0.4) is 0 Å². The van der Waals surface area contributed by atoms with Crippen LogP contribution >= 0.6 is 0 Å². The predicted octanol–water partition coefficient (Wildman–Crippen LogP) is 15.0. The van der Waals surface area contributed by atoms with Crippen molar-refractivity contribution in [1.29, 1.82) is 0 Å². The molecule has 0 spiro atoms. The van der Waals surface area contributed by atoms with Crippen molar-refractivity contribution in [2.75, 3.05) is 19.2 Å². The summed E-state index contributed by atoms with van der Waals surface area (Å²) in [4.78, 5) is 9.70. The second-order valence-electron chi connectivity index (χ2n) is 27.1. The molecule has 0 aromatic heterocycles. The van der Waals surface area contributed by atoms with E-state index >= 15 is 0 Å². The molecule has 21 rings (SSSR count). The summed E-state index contributed by atoms with van der Waals surface area (Å²) in [5.74, 6) is 4.47. The fourth-order valence-electron chi connectivity index (χ4n) is 16.6. The van der Waals surface area contributed by atoms with Gasteiger partial charge in [0.1, 0.15) is 34.5 Å². The highest BCUT2D eigenvalue weighted by Gasteiger charge is 2.62. The molecule has 89 heavy (non-hydrogen) atoms. The highest BCUT2D eigenvalue weighted by atomic mass is 16.7. The maximum atomic E-state index is 8.03. The van der Waals surface area contributed by atoms with E-state index in [0.29, 0.717) is 11.5 Å². The fraction of sp³-hybridized carbons (Fsp3) is 0.120. The van der Waals surface area contributed by atoms with Crippen molar-refractivity contribution < 1.29 is 28.1 Å². The van der Waals surface area contributed by atoms with E-state index in [2.05, 4.69) is 261 Å². The third-order valence-corrected chi connectivity index (χ3v) is 20.3. The number of ether oxygens (including phenoxy) is 2. The number of hydrogen-bond donors (Lipinski definition) is 0. The monoisotopic (exact) mass is 1150 g/mol. The lowest BCUT2D eigenvalue weighted by atomic mass is 9.49. The summed E-state index contributed by atoms with van der Waals surface area (Å²) >= 11 is 0. The molecule has 10 aliphatic rings. The topological polar surface area (TPSA) is 68.3 Å². The molecule has 0 radical (unpaired) electrons. The van der Waals surface area contributed by atoms with Crippen molar-refractivity contribution >= 4 is 95.6 Å². The Bertz CT molecular complexity index is 4770. The van der Waals surface area contributed by atoms with Gasteiger partial charge in [0.2, 0.25) is 0 Å². The Hall–Kier alpha value is -10.3. The highest BCUT2D eigenvalue weighted by molar-refractivity contribution is 6.86. The molecule has 0 atom stereocenters. The van der Waals surface area contributed by atoms with Crippen molar-refractivity contribution in [1.82, 2.24) is 0 Å². The zero-order valence-corrected chi connectivity index (χ0v) is 49.7. The molecule has 10 nitrogen and oxygen atoms in total. The SMILES string of the molecule is CC(C)(C)c1cc2c3c(c1)N(c1ccccc1)B1Oc4cc5c6c7c4-c4c(c8c(c-3c41)B(Oc1ccccc1-8)N2c1ccccc1)OC7Oc1c2c3c4c(c1-6)B(O5)N(c1ccccc1)c1cc(C(C)(C)C)cc(c1-4)N(c1ccccc1)B3Oc1ccccc1-2. The molecule has 14 heteroatoms. The van der Waals surface area contributed by atoms with Gasteiger partial charge in [0, 0.05) is 129 Å². The van der Waals surface area contributed by atoms with Crippen LogP contribution in [0.2, 0.25) is 0 Å². The maximum Gasteiger partial charge on any atom is 0.525 e. The number of anilines is 8. The van der Waals surface area contributed by atoms with Gasteiger partial charge in [0.25, 0.3) is 6.29 Å². The van der Waals surface area contributed by atoms with Crippen molar-refractivity contribution in [2.45, 2.75) is 58.7 Å². The minimum absolute atomic E-state index is 0.229. The largest absolute Gasteiger partial charge is 0.537 e. The Morgan fingerprint density at radius 2 is 0.607 bits per heavy atom. The van der Waals surface area contributed by atoms with E-state index in [4.69, 9.17) is 28.1 Å². The number of rotatable bonds is 4. The van der Waals surface area contributed by atoms with E-state index < -0.39 is 34.5 Å². The first-order valence-corrected chi connectivity index (χ1v) is 31.1. The minimum atomic E-state index is -0.941. The van der Waals surface area contributed by atoms with Crippen LogP contribution in [-0.2, 0) is 10.8 Å². The summed E-state index contributed by atoms with van der Waals surface area (Å²) in [7, 11) is -2.47. The molecule has 0 saturated carbocycles. The third-order valence-electron chi connectivity index (χ3n) is 20.3. The summed E-state index contributed by atoms with van der Waals surface area (Å²) in [5, 5.41) is 0. The van der Waals surface area contributed by atoms with Crippen LogP contribution in [0.15, 0.2) is 200 Å². The first-order chi connectivity index (χ1) is 43.5. The number of para-hydroxylation sites is 6. The molecular formula is C75H52B4N4O6. The third kappa shape index (κ3) is 6.03. The lowest BCUT2D eigenvalue weighted by Crippen LogP contribution is -2.64. The second-order valence-corrected chi connectivity index (χ2v) is 27.1. The Morgan fingerprint density at radius 1 is 0.303 bits per heavy atom. The number of nitrogens with zero attached hydrogens (tertiary/aromatic N) is 4. The molecule has 0 unspecified atom stereocenters. The molecule has 0 N–H and O–H groups in total. The molecule has 0 saturated heterocycles. The predicted molar refractivity (Wildman–Crippen MR) is 359 cm³/mol. The van der Waals surface area contributed by atoms with Crippen LogP contribution in [0, 0.1) is 0 Å². The van der Waals surface area contributed by atoms with Crippen LogP contribution in [0.4, 0.5) is 45.5 Å². The lowest BCUT2D eigenvalue weighted by Gasteiger charge is -2.52. The molecule has 10 heterocycles. The molecule has 11 aromatic rings. The second kappa shape index (κ2) is 16.4. The fourth-order valence-corrected chi connectivity index (χ4v) is 16.6. The van der Waals surface area contributed by atoms with E-state index in [1.807, 2.05) is 0 Å². The van der Waals surface area contributed by atoms with Gasteiger partial charge in [0.15, 0.2) is 0 Å². The Morgan fingerprint density at radius 3 is 0.944 bits per heavy atom. The first-order valence-electron chi connectivity index (χ1n) is 31.1. The number of fused-ring (bicyclic) bond motifs is 6. The molecule has 11 aromatic carbocycles. The first kappa shape index (κ1) is 48.8. The van der Waals surface area contributed by atoms with Gasteiger partial charge >= 0.3 is 28.2 Å². The van der Waals surface area contributed by atoms with Crippen LogP contribution in [-0.4, -0.2) is 28.2 Å². The summed E-state index contributed by atoms with van der Waals surface area (Å²) < 4.78 is 47.1. The van der Waals surface area contributed by atoms with Crippen LogP contribution < -0.4 is 69.2 Å². The number of hydrogen-bond acceptors (Lipinski definition) is 10. The van der Waals surface area contributed by atoms with Gasteiger partial charge in [-0.3, -0.25) is 0 Å². The average Bonchev–Trinajstić information content (AvgIpc) is 0.666. The van der Waals surface area contributed by atoms with Gasteiger partial charge in [0.05, 0.1) is 5.56 Å². The van der Waals surface area contributed by atoms with Crippen molar-refractivity contribution in [2.24, 2.45) is 0 Å². The molecule has 0 aliphatic carbocycles. The summed E-state index contributed by atoms with van der Waals surface area (Å²) in [6, 6.07) is 71.8. The lowest BCUT2D eigenvalue weighted by molar-refractivity contribution is 0.000599. The summed E-state index contributed by atoms with van der Waals surface area (Å²) in [6.45, 7) is 13.8. The van der Waals surface area contributed by atoms with Crippen molar-refractivity contribution in [3.63, 3.8) is 0 Å². The Balaban J connectivity index is 0.916. The molecule has 10 aliphatic heterocycles. The smallest absolute Gasteiger partial charge is 0.525 e. The van der Waals surface area contributed by atoms with Crippen LogP contribution in [0.5, 0.6) is 34.5 Å². The van der Waals surface area contributed by atoms with E-state index in [1.54, 1.807) is 0 Å². The number of benzene rings is 11. The van der Waals surface area contributed by atoms with E-state index in [0.717, 1.165) is 163 Å². The van der Waals surface area contributed by atoms with Gasteiger partial charge in [-0.05, 0) is 118 Å². The van der Waals surface area contributed by atoms with Crippen LogP contribution in [0.1, 0.15) is 64.5 Å². The van der Waals surface area contributed by atoms with Gasteiger partial charge < -0.3 is 47.3 Å². The van der Waals surface area contributed by atoms with Crippen LogP contribution in [0.25, 0.3) is 66.8 Å². The van der Waals surface area contributed by atoms with E-state index in [-0.39, 0.29) is 10.8 Å². The maximum absolute atomic E-state index is 8.03. The molecule has 0 bridgehead atoms. The molecular weight excluding hydrogens is 1100 g/mol. The van der Waals surface area contributed by atoms with Gasteiger partial charge in [-0.15, -0.1) is 0 Å². The quantitative estimate of drug-likeness (QED) is 0.159. The van der Waals surface area contributed by atoms with Crippen molar-refractivity contribution in [3.8, 4) is 101 Å². The van der Waals surface area contributed by atoms with Gasteiger partial charge in [-0.25, -0.2) is 0 Å². The summed E-state index contributed by atoms with van der Waals surface area (Å²) in [5.41, 5.74) is 27.7. The van der Waals surface area contributed by atoms with Gasteiger partial charge in [-0.2, -0.15) is 0 Å². The zero-order valence-electron chi connectivity index (χ0n) is 49.7. The van der Waals surface area contributed by atoms with E-state index in [1.165, 1.54) is 11.1 Å². The Labute approximate surface area is 516 Å². The Kier molecular flexibility index (Phi) is 9.01. The highest BCUT2D eigenvalue weighted by Crippen LogP contribution is 2.67. The molecule has 0 fully saturated rings. The molecule has 0 amide bonds. The molecule has 420 valence electrons. The van der Waals surface area contributed by atoms with Crippen molar-refractivity contribution in [3.05, 3.63) is 217 Å².